The SMILES string of the molecule is CN(C)CCCC(O)(c1ccccc1)c1ccccc1.CN(C)CCCC(O)(c1ccccc1)c1ccccc1.Cl.Cl.O. The number of hydrogen-bond acceptors (Lipinski definition) is 4. The summed E-state index contributed by atoms with van der Waals surface area (Å²) in [5.41, 5.74) is 2.04. The third kappa shape index (κ3) is 12.0. The molecule has 0 radical (unpaired) electrons. The van der Waals surface area contributed by atoms with Gasteiger partial charge in [-0.2, -0.15) is 0 Å². The first-order valence-corrected chi connectivity index (χ1v) is 14.2. The number of rotatable bonds is 12. The molecule has 0 aliphatic rings. The molecule has 0 aliphatic carbocycles. The fourth-order valence-corrected chi connectivity index (χ4v) is 5.07. The molecule has 4 aromatic rings. The summed E-state index contributed by atoms with van der Waals surface area (Å²) in [4.78, 5) is 4.30. The highest BCUT2D eigenvalue weighted by Crippen LogP contribution is 2.35. The Hall–Kier alpha value is -2.74. The summed E-state index contributed by atoms with van der Waals surface area (Å²) < 4.78 is 0. The Morgan fingerprint density at radius 3 is 0.837 bits per heavy atom. The highest BCUT2D eigenvalue weighted by Gasteiger charge is 2.31. The molecule has 0 saturated carbocycles. The standard InChI is InChI=1S/2C18H23NO.2ClH.H2O/c2*1-19(2)15-9-14-18(20,16-10-5-3-6-11-16)17-12-7-4-8-13-17;;;/h2*3-8,10-13,20H,9,14-15H2,1-2H3;2*1H;1H2. The van der Waals surface area contributed by atoms with E-state index in [1.165, 1.54) is 0 Å². The number of nitrogens with zero attached hydrogens (tertiary/aromatic N) is 2. The normalized spacial score (nSPS) is 11.0. The van der Waals surface area contributed by atoms with Crippen LogP contribution in [0.4, 0.5) is 0 Å². The van der Waals surface area contributed by atoms with Gasteiger partial charge < -0.3 is 25.5 Å². The van der Waals surface area contributed by atoms with Crippen molar-refractivity contribution < 1.29 is 15.7 Å². The molecular formula is C36H50Cl2N2O3. The van der Waals surface area contributed by atoms with Gasteiger partial charge in [0.15, 0.2) is 0 Å². The fraction of sp³-hybridized carbons (Fsp3) is 0.333. The van der Waals surface area contributed by atoms with Crippen molar-refractivity contribution in [3.8, 4) is 0 Å². The second-order valence-electron chi connectivity index (χ2n) is 11.0. The summed E-state index contributed by atoms with van der Waals surface area (Å²) >= 11 is 0. The summed E-state index contributed by atoms with van der Waals surface area (Å²) in [7, 11) is 8.24. The number of halogens is 2. The van der Waals surface area contributed by atoms with E-state index in [-0.39, 0.29) is 30.3 Å². The summed E-state index contributed by atoms with van der Waals surface area (Å²) in [5.74, 6) is 0. The van der Waals surface area contributed by atoms with Gasteiger partial charge in [0.2, 0.25) is 0 Å². The molecule has 0 spiro atoms. The monoisotopic (exact) mass is 628 g/mol. The van der Waals surface area contributed by atoms with Crippen LogP contribution < -0.4 is 0 Å². The lowest BCUT2D eigenvalue weighted by Gasteiger charge is -2.30. The molecule has 0 unspecified atom stereocenters. The lowest BCUT2D eigenvalue weighted by atomic mass is 9.82. The summed E-state index contributed by atoms with van der Waals surface area (Å²) in [6.07, 6.45) is 3.35. The third-order valence-corrected chi connectivity index (χ3v) is 7.29. The minimum atomic E-state index is -0.904. The molecule has 0 amide bonds. The molecule has 0 atom stereocenters. The van der Waals surface area contributed by atoms with E-state index in [2.05, 4.69) is 38.0 Å². The Labute approximate surface area is 271 Å². The minimum absolute atomic E-state index is 0. The van der Waals surface area contributed by atoms with Crippen LogP contribution in [0.2, 0.25) is 0 Å². The van der Waals surface area contributed by atoms with Crippen LogP contribution in [0.1, 0.15) is 47.9 Å². The fourth-order valence-electron chi connectivity index (χ4n) is 5.07. The predicted molar refractivity (Wildman–Crippen MR) is 185 cm³/mol. The molecule has 0 bridgehead atoms. The average Bonchev–Trinajstić information content (AvgIpc) is 2.99. The molecule has 0 fully saturated rings. The van der Waals surface area contributed by atoms with Crippen molar-refractivity contribution in [3.05, 3.63) is 144 Å². The maximum atomic E-state index is 11.2. The van der Waals surface area contributed by atoms with E-state index in [1.807, 2.05) is 121 Å². The molecule has 0 heterocycles. The van der Waals surface area contributed by atoms with E-state index in [0.29, 0.717) is 0 Å². The highest BCUT2D eigenvalue weighted by atomic mass is 35.5. The van der Waals surface area contributed by atoms with Crippen molar-refractivity contribution in [2.24, 2.45) is 0 Å². The second kappa shape index (κ2) is 20.3. The van der Waals surface area contributed by atoms with Crippen molar-refractivity contribution in [1.29, 1.82) is 0 Å². The lowest BCUT2D eigenvalue weighted by Crippen LogP contribution is -2.28. The van der Waals surface area contributed by atoms with E-state index < -0.39 is 11.2 Å². The summed E-state index contributed by atoms with van der Waals surface area (Å²) in [5, 5.41) is 22.5. The molecule has 0 saturated heterocycles. The molecule has 0 aliphatic heterocycles. The van der Waals surface area contributed by atoms with Gasteiger partial charge in [-0.15, -0.1) is 24.8 Å². The van der Waals surface area contributed by atoms with Gasteiger partial charge in [0.05, 0.1) is 0 Å². The maximum absolute atomic E-state index is 11.2. The zero-order valence-corrected chi connectivity index (χ0v) is 27.5. The summed E-state index contributed by atoms with van der Waals surface area (Å²) in [6, 6.07) is 39.8. The van der Waals surface area contributed by atoms with Gasteiger partial charge in [0.1, 0.15) is 11.2 Å². The molecule has 7 heteroatoms. The topological polar surface area (TPSA) is 78.4 Å². The first-order chi connectivity index (χ1) is 19.3. The molecule has 236 valence electrons. The van der Waals surface area contributed by atoms with Gasteiger partial charge in [0.25, 0.3) is 0 Å². The van der Waals surface area contributed by atoms with Crippen LogP contribution in [0, 0.1) is 0 Å². The van der Waals surface area contributed by atoms with Crippen LogP contribution in [0.5, 0.6) is 0 Å². The Morgan fingerprint density at radius 2 is 0.651 bits per heavy atom. The predicted octanol–water partition coefficient (Wildman–Crippen LogP) is 6.55. The van der Waals surface area contributed by atoms with Gasteiger partial charge >= 0.3 is 0 Å². The Bertz CT molecular complexity index is 1050. The van der Waals surface area contributed by atoms with E-state index in [0.717, 1.165) is 61.0 Å². The van der Waals surface area contributed by atoms with Gasteiger partial charge in [-0.25, -0.2) is 0 Å². The molecule has 0 aromatic heterocycles. The van der Waals surface area contributed by atoms with Crippen LogP contribution in [0.15, 0.2) is 121 Å². The highest BCUT2D eigenvalue weighted by molar-refractivity contribution is 5.85. The Kier molecular flexibility index (Phi) is 19.0. The van der Waals surface area contributed by atoms with E-state index >= 15 is 0 Å². The summed E-state index contributed by atoms with van der Waals surface area (Å²) in [6.45, 7) is 1.95. The number of hydrogen-bond donors (Lipinski definition) is 2. The Balaban J connectivity index is 0.000000767. The molecular weight excluding hydrogens is 579 g/mol. The van der Waals surface area contributed by atoms with Crippen molar-refractivity contribution in [2.75, 3.05) is 41.3 Å². The molecule has 4 aromatic carbocycles. The first-order valence-electron chi connectivity index (χ1n) is 14.2. The van der Waals surface area contributed by atoms with Crippen molar-refractivity contribution in [1.82, 2.24) is 9.80 Å². The second-order valence-corrected chi connectivity index (χ2v) is 11.0. The number of benzene rings is 4. The third-order valence-electron chi connectivity index (χ3n) is 7.29. The van der Waals surface area contributed by atoms with E-state index in [4.69, 9.17) is 0 Å². The molecule has 5 nitrogen and oxygen atoms in total. The quantitative estimate of drug-likeness (QED) is 0.186. The first kappa shape index (κ1) is 40.3. The van der Waals surface area contributed by atoms with Crippen molar-refractivity contribution >= 4 is 24.8 Å². The molecule has 4 rings (SSSR count). The van der Waals surface area contributed by atoms with Crippen LogP contribution >= 0.6 is 24.8 Å². The zero-order chi connectivity index (χ0) is 28.8. The smallest absolute Gasteiger partial charge is 0.115 e. The van der Waals surface area contributed by atoms with E-state index in [1.54, 1.807) is 0 Å². The number of aliphatic hydroxyl groups is 2. The minimum Gasteiger partial charge on any atom is -0.412 e. The van der Waals surface area contributed by atoms with Crippen LogP contribution in [-0.2, 0) is 11.2 Å². The van der Waals surface area contributed by atoms with Crippen molar-refractivity contribution in [2.45, 2.75) is 36.9 Å². The van der Waals surface area contributed by atoms with Crippen LogP contribution in [0.3, 0.4) is 0 Å². The largest absolute Gasteiger partial charge is 0.412 e. The van der Waals surface area contributed by atoms with Gasteiger partial charge in [-0.3, -0.25) is 0 Å². The van der Waals surface area contributed by atoms with E-state index in [9.17, 15) is 10.2 Å². The molecule has 43 heavy (non-hydrogen) atoms. The maximum Gasteiger partial charge on any atom is 0.115 e. The molecule has 4 N–H and O–H groups in total. The lowest BCUT2D eigenvalue weighted by molar-refractivity contribution is 0.0661. The van der Waals surface area contributed by atoms with Crippen LogP contribution in [-0.4, -0.2) is 66.8 Å². The van der Waals surface area contributed by atoms with Gasteiger partial charge in [0, 0.05) is 0 Å². The average molecular weight is 630 g/mol. The zero-order valence-electron chi connectivity index (χ0n) is 25.9. The van der Waals surface area contributed by atoms with Gasteiger partial charge in [-0.05, 0) is 89.2 Å². The van der Waals surface area contributed by atoms with Crippen molar-refractivity contribution in [3.63, 3.8) is 0 Å². The Morgan fingerprint density at radius 1 is 0.442 bits per heavy atom. The van der Waals surface area contributed by atoms with Gasteiger partial charge in [-0.1, -0.05) is 121 Å². The van der Waals surface area contributed by atoms with Crippen LogP contribution in [0.25, 0.3) is 0 Å².